The number of hydrogen-bond acceptors (Lipinski definition) is 6. The highest BCUT2D eigenvalue weighted by Gasteiger charge is 2.18. The van der Waals surface area contributed by atoms with Gasteiger partial charge in [-0.3, -0.25) is 10.1 Å². The fourth-order valence-corrected chi connectivity index (χ4v) is 1.53. The van der Waals surface area contributed by atoms with Gasteiger partial charge < -0.3 is 10.5 Å². The summed E-state index contributed by atoms with van der Waals surface area (Å²) >= 11 is 0. The maximum absolute atomic E-state index is 10.9. The van der Waals surface area contributed by atoms with E-state index in [9.17, 15) is 10.1 Å². The molecular weight excluding hydrogens is 238 g/mol. The number of aromatic nitrogens is 3. The summed E-state index contributed by atoms with van der Waals surface area (Å²) in [6, 6.07) is 6.18. The lowest BCUT2D eigenvalue weighted by molar-refractivity contribution is -0.384. The lowest BCUT2D eigenvalue weighted by atomic mass is 10.3. The highest BCUT2D eigenvalue weighted by Crippen LogP contribution is 2.23. The largest absolute Gasteiger partial charge is 0.377 e. The van der Waals surface area contributed by atoms with E-state index in [4.69, 9.17) is 10.5 Å². The molecule has 8 nitrogen and oxygen atoms in total. The van der Waals surface area contributed by atoms with Crippen molar-refractivity contribution in [2.75, 3.05) is 12.8 Å². The summed E-state index contributed by atoms with van der Waals surface area (Å²) in [7, 11) is 1.50. The minimum Gasteiger partial charge on any atom is -0.377 e. The number of benzene rings is 1. The molecule has 18 heavy (non-hydrogen) atoms. The van der Waals surface area contributed by atoms with Crippen LogP contribution in [0.5, 0.6) is 0 Å². The Hall–Kier alpha value is -2.48. The van der Waals surface area contributed by atoms with Crippen LogP contribution >= 0.6 is 0 Å². The van der Waals surface area contributed by atoms with Crippen LogP contribution in [0.25, 0.3) is 5.69 Å². The van der Waals surface area contributed by atoms with E-state index in [1.54, 1.807) is 18.2 Å². The summed E-state index contributed by atoms with van der Waals surface area (Å²) in [4.78, 5) is 14.4. The quantitative estimate of drug-likeness (QED) is 0.637. The number of methoxy groups -OCH3 is 1. The number of rotatable bonds is 4. The summed E-state index contributed by atoms with van der Waals surface area (Å²) in [5.41, 5.74) is 5.87. The van der Waals surface area contributed by atoms with Crippen LogP contribution in [0.3, 0.4) is 0 Å². The molecule has 0 atom stereocenters. The van der Waals surface area contributed by atoms with E-state index in [1.165, 1.54) is 17.9 Å². The first-order chi connectivity index (χ1) is 8.63. The predicted octanol–water partition coefficient (Wildman–Crippen LogP) is 0.904. The third kappa shape index (κ3) is 2.13. The first-order valence-corrected chi connectivity index (χ1v) is 5.07. The Bertz CT molecular complexity index is 581. The van der Waals surface area contributed by atoms with E-state index in [0.29, 0.717) is 5.82 Å². The van der Waals surface area contributed by atoms with Crippen molar-refractivity contribution in [1.82, 2.24) is 14.8 Å². The smallest absolute Gasteiger partial charge is 0.295 e. The molecule has 0 amide bonds. The van der Waals surface area contributed by atoms with Gasteiger partial charge in [-0.05, 0) is 6.07 Å². The number of nitrogens with zero attached hydrogens (tertiary/aromatic N) is 4. The lowest BCUT2D eigenvalue weighted by Crippen LogP contribution is -2.05. The Morgan fingerprint density at radius 3 is 2.89 bits per heavy atom. The topological polar surface area (TPSA) is 109 Å². The van der Waals surface area contributed by atoms with Gasteiger partial charge in [0.25, 0.3) is 5.69 Å². The highest BCUT2D eigenvalue weighted by atomic mass is 16.6. The molecule has 0 aliphatic rings. The van der Waals surface area contributed by atoms with E-state index in [-0.39, 0.29) is 23.9 Å². The van der Waals surface area contributed by atoms with Gasteiger partial charge in [-0.2, -0.15) is 9.67 Å². The fourth-order valence-electron chi connectivity index (χ4n) is 1.53. The molecule has 0 saturated carbocycles. The zero-order chi connectivity index (χ0) is 13.1. The number of nitro benzene ring substituents is 1. The molecule has 2 aromatic rings. The average Bonchev–Trinajstić information content (AvgIpc) is 2.70. The van der Waals surface area contributed by atoms with Gasteiger partial charge in [0.05, 0.1) is 4.92 Å². The number of nitrogens with two attached hydrogens (primary N) is 1. The van der Waals surface area contributed by atoms with Crippen molar-refractivity contribution >= 4 is 11.6 Å². The van der Waals surface area contributed by atoms with E-state index < -0.39 is 4.92 Å². The molecule has 0 radical (unpaired) electrons. The van der Waals surface area contributed by atoms with Crippen LogP contribution < -0.4 is 5.73 Å². The third-order valence-corrected chi connectivity index (χ3v) is 2.26. The highest BCUT2D eigenvalue weighted by molar-refractivity contribution is 5.53. The minimum atomic E-state index is -0.494. The van der Waals surface area contributed by atoms with Gasteiger partial charge in [0.15, 0.2) is 5.82 Å². The number of anilines is 1. The molecule has 2 N–H and O–H groups in total. The molecule has 1 aromatic heterocycles. The maximum atomic E-state index is 10.9. The molecule has 0 aliphatic heterocycles. The van der Waals surface area contributed by atoms with Gasteiger partial charge in [0, 0.05) is 13.2 Å². The number of hydrogen-bond donors (Lipinski definition) is 1. The second-order valence-corrected chi connectivity index (χ2v) is 3.48. The van der Waals surface area contributed by atoms with Gasteiger partial charge in [-0.25, -0.2) is 0 Å². The van der Waals surface area contributed by atoms with Crippen molar-refractivity contribution in [3.05, 3.63) is 40.2 Å². The van der Waals surface area contributed by atoms with E-state index in [0.717, 1.165) is 0 Å². The molecule has 0 bridgehead atoms. The molecule has 0 unspecified atom stereocenters. The molecule has 94 valence electrons. The van der Waals surface area contributed by atoms with Crippen LogP contribution in [0, 0.1) is 10.1 Å². The monoisotopic (exact) mass is 249 g/mol. The van der Waals surface area contributed by atoms with Crippen molar-refractivity contribution in [2.24, 2.45) is 0 Å². The van der Waals surface area contributed by atoms with Crippen molar-refractivity contribution in [3.63, 3.8) is 0 Å². The first-order valence-electron chi connectivity index (χ1n) is 5.07. The van der Waals surface area contributed by atoms with Crippen molar-refractivity contribution in [3.8, 4) is 5.69 Å². The summed E-state index contributed by atoms with van der Waals surface area (Å²) in [6.07, 6.45) is 0. The normalized spacial score (nSPS) is 10.5. The average molecular weight is 249 g/mol. The number of ether oxygens (including phenoxy) is 1. The molecule has 1 aromatic carbocycles. The van der Waals surface area contributed by atoms with Crippen LogP contribution in [-0.4, -0.2) is 26.8 Å². The molecule has 0 spiro atoms. The summed E-state index contributed by atoms with van der Waals surface area (Å²) in [6.45, 7) is 0.192. The third-order valence-electron chi connectivity index (χ3n) is 2.26. The summed E-state index contributed by atoms with van der Waals surface area (Å²) in [5.74, 6) is 0.449. The molecule has 0 saturated heterocycles. The maximum Gasteiger partial charge on any atom is 0.295 e. The number of nitrogen functional groups attached to an aromatic ring is 1. The van der Waals surface area contributed by atoms with Crippen molar-refractivity contribution in [2.45, 2.75) is 6.61 Å². The fraction of sp³-hybridized carbons (Fsp3) is 0.200. The van der Waals surface area contributed by atoms with Crippen LogP contribution in [-0.2, 0) is 11.3 Å². The zero-order valence-electron chi connectivity index (χ0n) is 9.61. The Labute approximate surface area is 102 Å². The predicted molar refractivity (Wildman–Crippen MR) is 63.1 cm³/mol. The number of para-hydroxylation sites is 2. The van der Waals surface area contributed by atoms with Crippen LogP contribution in [0.15, 0.2) is 24.3 Å². The molecule has 0 fully saturated rings. The van der Waals surface area contributed by atoms with Gasteiger partial charge >= 0.3 is 0 Å². The lowest BCUT2D eigenvalue weighted by Gasteiger charge is -2.02. The van der Waals surface area contributed by atoms with E-state index >= 15 is 0 Å². The van der Waals surface area contributed by atoms with E-state index in [1.807, 2.05) is 0 Å². The number of nitro groups is 1. The molecular formula is C10H11N5O3. The standard InChI is InChI=1S/C10H11N5O3/c1-18-6-9-12-10(11)14(13-9)7-4-2-3-5-8(7)15(16)17/h2-5H,6H2,1H3,(H2,11,12,13). The van der Waals surface area contributed by atoms with Gasteiger partial charge in [0.1, 0.15) is 12.3 Å². The summed E-state index contributed by atoms with van der Waals surface area (Å²) in [5, 5.41) is 15.0. The molecule has 0 aliphatic carbocycles. The second kappa shape index (κ2) is 4.80. The van der Waals surface area contributed by atoms with Crippen LogP contribution in [0.2, 0.25) is 0 Å². The molecule has 1 heterocycles. The Morgan fingerprint density at radius 2 is 2.22 bits per heavy atom. The minimum absolute atomic E-state index is 0.0800. The van der Waals surface area contributed by atoms with Crippen LogP contribution in [0.1, 0.15) is 5.82 Å². The molecule has 8 heteroatoms. The second-order valence-electron chi connectivity index (χ2n) is 3.48. The summed E-state index contributed by atoms with van der Waals surface area (Å²) < 4.78 is 6.11. The van der Waals surface area contributed by atoms with Crippen LogP contribution in [0.4, 0.5) is 11.6 Å². The van der Waals surface area contributed by atoms with Gasteiger partial charge in [0.2, 0.25) is 5.95 Å². The van der Waals surface area contributed by atoms with Crippen molar-refractivity contribution < 1.29 is 9.66 Å². The van der Waals surface area contributed by atoms with Gasteiger partial charge in [-0.1, -0.05) is 12.1 Å². The van der Waals surface area contributed by atoms with Crippen molar-refractivity contribution in [1.29, 1.82) is 0 Å². The van der Waals surface area contributed by atoms with E-state index in [2.05, 4.69) is 10.1 Å². The van der Waals surface area contributed by atoms with Gasteiger partial charge in [-0.15, -0.1) is 5.10 Å². The Morgan fingerprint density at radius 1 is 1.50 bits per heavy atom. The first kappa shape index (κ1) is 12.0. The Balaban J connectivity index is 2.51. The zero-order valence-corrected chi connectivity index (χ0v) is 9.61. The SMILES string of the molecule is COCc1nc(N)n(-c2ccccc2[N+](=O)[O-])n1. The Kier molecular flexibility index (Phi) is 3.20. The molecule has 2 rings (SSSR count).